The maximum atomic E-state index is 14.3. The summed E-state index contributed by atoms with van der Waals surface area (Å²) in [7, 11) is -3.87. The van der Waals surface area contributed by atoms with Gasteiger partial charge in [0.15, 0.2) is 0 Å². The van der Waals surface area contributed by atoms with E-state index in [1.54, 1.807) is 26.0 Å². The van der Waals surface area contributed by atoms with E-state index in [-0.39, 0.29) is 24.6 Å². The third-order valence-electron chi connectivity index (χ3n) is 4.85. The molecule has 31 heavy (non-hydrogen) atoms. The first-order valence-electron chi connectivity index (χ1n) is 9.67. The van der Waals surface area contributed by atoms with Crippen LogP contribution in [-0.4, -0.2) is 31.8 Å². The van der Waals surface area contributed by atoms with Crippen molar-refractivity contribution < 1.29 is 26.8 Å². The van der Waals surface area contributed by atoms with Crippen LogP contribution in [0.15, 0.2) is 56.6 Å². The number of sulfonamides is 1. The Morgan fingerprint density at radius 3 is 2.48 bits per heavy atom. The number of aryl methyl sites for hydroxylation is 1. The number of halogens is 1. The molecule has 0 saturated heterocycles. The second kappa shape index (κ2) is 8.99. The Balaban J connectivity index is 1.90. The van der Waals surface area contributed by atoms with E-state index in [4.69, 9.17) is 9.15 Å². The molecule has 0 saturated carbocycles. The topological polar surface area (TPSA) is 93.9 Å². The van der Waals surface area contributed by atoms with Crippen LogP contribution in [0.25, 0.3) is 11.0 Å². The summed E-state index contributed by atoms with van der Waals surface area (Å²) in [4.78, 5) is 24.1. The molecule has 164 valence electrons. The van der Waals surface area contributed by atoms with Gasteiger partial charge in [-0.1, -0.05) is 26.0 Å². The summed E-state index contributed by atoms with van der Waals surface area (Å²) in [6.07, 6.45) is 0. The van der Waals surface area contributed by atoms with Crippen LogP contribution in [0, 0.1) is 12.7 Å². The Bertz CT molecular complexity index is 1300. The molecule has 3 aromatic rings. The van der Waals surface area contributed by atoms with Crippen molar-refractivity contribution in [2.75, 3.05) is 13.1 Å². The summed E-state index contributed by atoms with van der Waals surface area (Å²) in [6.45, 7) is 5.37. The summed E-state index contributed by atoms with van der Waals surface area (Å²) < 4.78 is 51.2. The zero-order valence-electron chi connectivity index (χ0n) is 17.3. The number of carbonyl (C=O) groups is 1. The van der Waals surface area contributed by atoms with Crippen LogP contribution in [0.1, 0.15) is 35.3 Å². The van der Waals surface area contributed by atoms with Crippen molar-refractivity contribution in [3.05, 3.63) is 75.4 Å². The van der Waals surface area contributed by atoms with Crippen molar-refractivity contribution >= 4 is 27.0 Å². The van der Waals surface area contributed by atoms with Crippen molar-refractivity contribution in [3.63, 3.8) is 0 Å². The van der Waals surface area contributed by atoms with Crippen LogP contribution in [0.4, 0.5) is 4.39 Å². The summed E-state index contributed by atoms with van der Waals surface area (Å²) in [5.41, 5.74) is 0.515. The van der Waals surface area contributed by atoms with E-state index in [0.717, 1.165) is 23.8 Å². The van der Waals surface area contributed by atoms with Crippen molar-refractivity contribution in [1.29, 1.82) is 0 Å². The zero-order valence-corrected chi connectivity index (χ0v) is 18.2. The fourth-order valence-electron chi connectivity index (χ4n) is 3.21. The molecule has 2 aromatic carbocycles. The Kier molecular flexibility index (Phi) is 6.56. The highest BCUT2D eigenvalue weighted by Crippen LogP contribution is 2.22. The number of fused-ring (bicyclic) bond motifs is 1. The number of carbonyl (C=O) groups excluding carboxylic acids is 1. The van der Waals surface area contributed by atoms with Gasteiger partial charge in [-0.2, -0.15) is 4.31 Å². The summed E-state index contributed by atoms with van der Waals surface area (Å²) in [6, 6.07) is 9.42. The van der Waals surface area contributed by atoms with Gasteiger partial charge in [0, 0.05) is 30.1 Å². The van der Waals surface area contributed by atoms with Gasteiger partial charge in [0.05, 0.1) is 10.5 Å². The van der Waals surface area contributed by atoms with Crippen LogP contribution in [-0.2, 0) is 21.4 Å². The molecule has 0 fully saturated rings. The summed E-state index contributed by atoms with van der Waals surface area (Å²) in [5.74, 6) is -1.95. The molecule has 7 nitrogen and oxygen atoms in total. The first-order chi connectivity index (χ1) is 14.7. The summed E-state index contributed by atoms with van der Waals surface area (Å²) >= 11 is 0. The van der Waals surface area contributed by atoms with Gasteiger partial charge >= 0.3 is 11.6 Å². The third-order valence-corrected chi connectivity index (χ3v) is 6.89. The maximum absolute atomic E-state index is 14.3. The predicted molar refractivity (Wildman–Crippen MR) is 113 cm³/mol. The maximum Gasteiger partial charge on any atom is 0.341 e. The lowest BCUT2D eigenvalue weighted by Crippen LogP contribution is -2.30. The lowest BCUT2D eigenvalue weighted by Gasteiger charge is -2.18. The highest BCUT2D eigenvalue weighted by atomic mass is 32.2. The van der Waals surface area contributed by atoms with E-state index < -0.39 is 33.0 Å². The minimum atomic E-state index is -3.87. The van der Waals surface area contributed by atoms with Crippen LogP contribution in [0.3, 0.4) is 0 Å². The van der Waals surface area contributed by atoms with E-state index in [9.17, 15) is 22.4 Å². The number of benzene rings is 2. The minimum absolute atomic E-state index is 0.203. The van der Waals surface area contributed by atoms with Gasteiger partial charge in [0.25, 0.3) is 0 Å². The molecule has 0 N–H and O–H groups in total. The van der Waals surface area contributed by atoms with Crippen LogP contribution in [0.5, 0.6) is 0 Å². The second-order valence-electron chi connectivity index (χ2n) is 6.90. The molecule has 0 aliphatic heterocycles. The average molecular weight is 447 g/mol. The predicted octanol–water partition coefficient (Wildman–Crippen LogP) is 3.63. The van der Waals surface area contributed by atoms with E-state index >= 15 is 0 Å². The molecule has 0 bridgehead atoms. The molecule has 1 aromatic heterocycles. The molecular weight excluding hydrogens is 425 g/mol. The number of nitrogens with zero attached hydrogens (tertiary/aromatic N) is 1. The number of ether oxygens (including phenoxy) is 1. The standard InChI is InChI=1S/C22H22FNO6S/c1-4-24(5-2)31(27,28)16-7-9-19(23)18(12-16)22(26)29-13-15-11-21(25)30-20-10-14(3)6-8-17(15)20/h6-12H,4-5,13H2,1-3H3. The molecule has 0 aliphatic rings. The molecular formula is C22H22FNO6S. The van der Waals surface area contributed by atoms with Crippen LogP contribution >= 0.6 is 0 Å². The van der Waals surface area contributed by atoms with Crippen molar-refractivity contribution in [2.45, 2.75) is 32.3 Å². The smallest absolute Gasteiger partial charge is 0.341 e. The van der Waals surface area contributed by atoms with Crippen molar-refractivity contribution in [1.82, 2.24) is 4.31 Å². The fraction of sp³-hybridized carbons (Fsp3) is 0.273. The number of hydrogen-bond acceptors (Lipinski definition) is 6. The van der Waals surface area contributed by atoms with Gasteiger partial charge < -0.3 is 9.15 Å². The van der Waals surface area contributed by atoms with Crippen molar-refractivity contribution in [3.8, 4) is 0 Å². The fourth-order valence-corrected chi connectivity index (χ4v) is 4.70. The van der Waals surface area contributed by atoms with Gasteiger partial charge in [-0.25, -0.2) is 22.4 Å². The van der Waals surface area contributed by atoms with Gasteiger partial charge in [0.1, 0.15) is 18.0 Å². The molecule has 0 amide bonds. The van der Waals surface area contributed by atoms with Crippen LogP contribution < -0.4 is 5.63 Å². The minimum Gasteiger partial charge on any atom is -0.457 e. The molecule has 0 unspecified atom stereocenters. The molecule has 9 heteroatoms. The molecule has 0 atom stereocenters. The highest BCUT2D eigenvalue weighted by molar-refractivity contribution is 7.89. The third kappa shape index (κ3) is 4.67. The average Bonchev–Trinajstić information content (AvgIpc) is 2.72. The van der Waals surface area contributed by atoms with E-state index in [1.165, 1.54) is 10.4 Å². The van der Waals surface area contributed by atoms with Crippen LogP contribution in [0.2, 0.25) is 0 Å². The monoisotopic (exact) mass is 447 g/mol. The lowest BCUT2D eigenvalue weighted by atomic mass is 10.1. The number of esters is 1. The number of hydrogen-bond donors (Lipinski definition) is 0. The molecule has 0 aliphatic carbocycles. The van der Waals surface area contributed by atoms with E-state index in [1.807, 2.05) is 13.0 Å². The van der Waals surface area contributed by atoms with Gasteiger partial charge in [-0.15, -0.1) is 0 Å². The second-order valence-corrected chi connectivity index (χ2v) is 8.84. The largest absolute Gasteiger partial charge is 0.457 e. The summed E-state index contributed by atoms with van der Waals surface area (Å²) in [5, 5.41) is 0.580. The quantitative estimate of drug-likeness (QED) is 0.406. The Labute approximate surface area is 179 Å². The highest BCUT2D eigenvalue weighted by Gasteiger charge is 2.25. The van der Waals surface area contributed by atoms with Gasteiger partial charge in [0.2, 0.25) is 10.0 Å². The van der Waals surface area contributed by atoms with E-state index in [0.29, 0.717) is 16.5 Å². The zero-order chi connectivity index (χ0) is 22.8. The van der Waals surface area contributed by atoms with Gasteiger partial charge in [-0.05, 0) is 36.8 Å². The molecule has 3 rings (SSSR count). The lowest BCUT2D eigenvalue weighted by molar-refractivity contribution is 0.0468. The Morgan fingerprint density at radius 1 is 1.10 bits per heavy atom. The van der Waals surface area contributed by atoms with E-state index in [2.05, 4.69) is 0 Å². The van der Waals surface area contributed by atoms with Crippen molar-refractivity contribution in [2.24, 2.45) is 0 Å². The Morgan fingerprint density at radius 2 is 1.81 bits per heavy atom. The molecule has 0 spiro atoms. The van der Waals surface area contributed by atoms with Gasteiger partial charge in [-0.3, -0.25) is 0 Å². The number of rotatable bonds is 7. The Hall–Kier alpha value is -3.04. The normalized spacial score (nSPS) is 11.8. The molecule has 0 radical (unpaired) electrons. The SMILES string of the molecule is CCN(CC)S(=O)(=O)c1ccc(F)c(C(=O)OCc2cc(=O)oc3cc(C)ccc23)c1. The first-order valence-corrected chi connectivity index (χ1v) is 11.1. The molecule has 1 heterocycles. The first kappa shape index (κ1) is 22.6.